The molecule has 1 aromatic rings. The third kappa shape index (κ3) is 2.04. The van der Waals surface area contributed by atoms with Gasteiger partial charge in [0.05, 0.1) is 0 Å². The van der Waals surface area contributed by atoms with Gasteiger partial charge in [0.2, 0.25) is 5.91 Å². The lowest BCUT2D eigenvalue weighted by Gasteiger charge is -2.32. The number of amides is 1. The van der Waals surface area contributed by atoms with Crippen LogP contribution in [0, 0.1) is 11.3 Å². The van der Waals surface area contributed by atoms with Gasteiger partial charge in [0.25, 0.3) is 0 Å². The van der Waals surface area contributed by atoms with Gasteiger partial charge in [0.15, 0.2) is 0 Å². The Morgan fingerprint density at radius 2 is 2.14 bits per heavy atom. The van der Waals surface area contributed by atoms with E-state index in [1.807, 2.05) is 17.0 Å². The molecule has 4 heteroatoms. The molecular formula is C17H23N3O. The number of benzene rings is 1. The van der Waals surface area contributed by atoms with Gasteiger partial charge in [-0.25, -0.2) is 0 Å². The summed E-state index contributed by atoms with van der Waals surface area (Å²) in [5.41, 5.74) is 9.44. The van der Waals surface area contributed by atoms with E-state index in [1.54, 1.807) is 0 Å². The molecule has 1 atom stereocenters. The summed E-state index contributed by atoms with van der Waals surface area (Å²) < 4.78 is 0. The number of piperidine rings is 1. The summed E-state index contributed by atoms with van der Waals surface area (Å²) in [4.78, 5) is 15.0. The van der Waals surface area contributed by atoms with Crippen molar-refractivity contribution in [2.45, 2.75) is 32.1 Å². The Labute approximate surface area is 125 Å². The molecule has 1 aromatic carbocycles. The maximum atomic E-state index is 13.0. The lowest BCUT2D eigenvalue weighted by Crippen LogP contribution is -2.39. The van der Waals surface area contributed by atoms with Crippen LogP contribution in [-0.2, 0) is 11.2 Å². The van der Waals surface area contributed by atoms with E-state index in [9.17, 15) is 4.79 Å². The van der Waals surface area contributed by atoms with Crippen LogP contribution in [-0.4, -0.2) is 25.5 Å². The Bertz CT molecular complexity index is 577. The van der Waals surface area contributed by atoms with Crippen molar-refractivity contribution in [2.24, 2.45) is 11.3 Å². The summed E-state index contributed by atoms with van der Waals surface area (Å²) in [5, 5.41) is 3.40. The normalized spacial score (nSPS) is 26.5. The van der Waals surface area contributed by atoms with Crippen LogP contribution in [0.5, 0.6) is 0 Å². The van der Waals surface area contributed by atoms with Gasteiger partial charge in [-0.05, 0) is 68.3 Å². The zero-order valence-electron chi connectivity index (χ0n) is 12.4. The van der Waals surface area contributed by atoms with Gasteiger partial charge in [-0.3, -0.25) is 4.79 Å². The molecule has 1 saturated carbocycles. The highest BCUT2D eigenvalue weighted by atomic mass is 16.2. The summed E-state index contributed by atoms with van der Waals surface area (Å²) in [6.07, 6.45) is 5.41. The summed E-state index contributed by atoms with van der Waals surface area (Å²) in [6, 6.07) is 5.96. The second kappa shape index (κ2) is 4.73. The number of nitrogens with one attached hydrogen (secondary N) is 1. The Kier molecular flexibility index (Phi) is 2.96. The highest BCUT2D eigenvalue weighted by Crippen LogP contribution is 2.59. The topological polar surface area (TPSA) is 58.4 Å². The van der Waals surface area contributed by atoms with Gasteiger partial charge >= 0.3 is 0 Å². The number of fused-ring (bicyclic) bond motifs is 1. The average Bonchev–Trinajstić information content (AvgIpc) is 3.20. The number of carbonyl (C=O) groups excluding carboxylic acids is 1. The minimum atomic E-state index is 0.243. The quantitative estimate of drug-likeness (QED) is 0.775. The average molecular weight is 285 g/mol. The van der Waals surface area contributed by atoms with E-state index in [0.29, 0.717) is 11.3 Å². The molecule has 112 valence electrons. The molecule has 0 radical (unpaired) electrons. The van der Waals surface area contributed by atoms with E-state index in [4.69, 9.17) is 5.73 Å². The van der Waals surface area contributed by atoms with Crippen LogP contribution in [0.25, 0.3) is 0 Å². The first-order valence-electron chi connectivity index (χ1n) is 8.11. The summed E-state index contributed by atoms with van der Waals surface area (Å²) >= 11 is 0. The number of carbonyl (C=O) groups is 1. The molecule has 1 saturated heterocycles. The third-order valence-corrected chi connectivity index (χ3v) is 5.64. The summed E-state index contributed by atoms with van der Waals surface area (Å²) in [6.45, 7) is 2.97. The van der Waals surface area contributed by atoms with E-state index in [-0.39, 0.29) is 5.92 Å². The van der Waals surface area contributed by atoms with E-state index in [0.717, 1.165) is 68.7 Å². The zero-order chi connectivity index (χ0) is 14.4. The molecular weight excluding hydrogens is 262 g/mol. The maximum absolute atomic E-state index is 13.0. The molecule has 4 rings (SSSR count). The van der Waals surface area contributed by atoms with Crippen LogP contribution in [0.4, 0.5) is 11.4 Å². The molecule has 2 aliphatic heterocycles. The summed E-state index contributed by atoms with van der Waals surface area (Å²) in [7, 11) is 0. The third-order valence-electron chi connectivity index (χ3n) is 5.64. The second-order valence-electron chi connectivity index (χ2n) is 6.81. The van der Waals surface area contributed by atoms with E-state index in [2.05, 4.69) is 11.4 Å². The molecule has 2 heterocycles. The van der Waals surface area contributed by atoms with Crippen LogP contribution >= 0.6 is 0 Å². The first-order valence-corrected chi connectivity index (χ1v) is 8.11. The molecule has 3 aliphatic rings. The highest BCUT2D eigenvalue weighted by Gasteiger charge is 2.58. The standard InChI is InChI=1S/C17H23N3O/c18-14-4-1-5-15-12(14)3-2-10-20(15)16(21)13-11-17(13)6-8-19-9-7-17/h1,4-5,13,19H,2-3,6-11,18H2. The minimum Gasteiger partial charge on any atom is -0.398 e. The van der Waals surface area contributed by atoms with Crippen molar-refractivity contribution < 1.29 is 4.79 Å². The number of nitrogens with two attached hydrogens (primary N) is 1. The Morgan fingerprint density at radius 3 is 2.95 bits per heavy atom. The number of rotatable bonds is 1. The maximum Gasteiger partial charge on any atom is 0.230 e. The molecule has 1 unspecified atom stereocenters. The van der Waals surface area contributed by atoms with Crippen molar-refractivity contribution in [3.8, 4) is 0 Å². The first kappa shape index (κ1) is 13.1. The first-order chi connectivity index (χ1) is 10.2. The molecule has 0 aromatic heterocycles. The van der Waals surface area contributed by atoms with Crippen molar-refractivity contribution in [1.82, 2.24) is 5.32 Å². The molecule has 1 amide bonds. The fraction of sp³-hybridized carbons (Fsp3) is 0.588. The van der Waals surface area contributed by atoms with Gasteiger partial charge in [0.1, 0.15) is 0 Å². The molecule has 4 nitrogen and oxygen atoms in total. The minimum absolute atomic E-state index is 0.243. The zero-order valence-corrected chi connectivity index (χ0v) is 12.4. The lowest BCUT2D eigenvalue weighted by atomic mass is 9.91. The van der Waals surface area contributed by atoms with Crippen LogP contribution < -0.4 is 16.0 Å². The largest absolute Gasteiger partial charge is 0.398 e. The molecule has 1 aliphatic carbocycles. The fourth-order valence-electron chi connectivity index (χ4n) is 4.24. The van der Waals surface area contributed by atoms with Crippen LogP contribution in [0.2, 0.25) is 0 Å². The highest BCUT2D eigenvalue weighted by molar-refractivity contribution is 5.99. The monoisotopic (exact) mass is 285 g/mol. The predicted octanol–water partition coefficient (Wildman–Crippen LogP) is 1.94. The number of nitrogens with zero attached hydrogens (tertiary/aromatic N) is 1. The van der Waals surface area contributed by atoms with E-state index in [1.165, 1.54) is 0 Å². The van der Waals surface area contributed by atoms with Gasteiger partial charge in [0, 0.05) is 23.8 Å². The van der Waals surface area contributed by atoms with Gasteiger partial charge in [-0.1, -0.05) is 6.07 Å². The van der Waals surface area contributed by atoms with Crippen molar-refractivity contribution >= 4 is 17.3 Å². The van der Waals surface area contributed by atoms with Crippen LogP contribution in [0.3, 0.4) is 0 Å². The van der Waals surface area contributed by atoms with Crippen LogP contribution in [0.1, 0.15) is 31.2 Å². The summed E-state index contributed by atoms with van der Waals surface area (Å²) in [5.74, 6) is 0.579. The Hall–Kier alpha value is -1.55. The van der Waals surface area contributed by atoms with E-state index < -0.39 is 0 Å². The number of anilines is 2. The van der Waals surface area contributed by atoms with Gasteiger partial charge in [-0.2, -0.15) is 0 Å². The van der Waals surface area contributed by atoms with Crippen molar-refractivity contribution in [3.63, 3.8) is 0 Å². The molecule has 1 spiro atoms. The van der Waals surface area contributed by atoms with E-state index >= 15 is 0 Å². The molecule has 0 bridgehead atoms. The number of hydrogen-bond donors (Lipinski definition) is 2. The van der Waals surface area contributed by atoms with Crippen LogP contribution in [0.15, 0.2) is 18.2 Å². The van der Waals surface area contributed by atoms with Crippen molar-refractivity contribution in [3.05, 3.63) is 23.8 Å². The second-order valence-corrected chi connectivity index (χ2v) is 6.81. The number of nitrogen functional groups attached to an aromatic ring is 1. The smallest absolute Gasteiger partial charge is 0.230 e. The van der Waals surface area contributed by atoms with Crippen molar-refractivity contribution in [1.29, 1.82) is 0 Å². The Balaban J connectivity index is 1.58. The SMILES string of the molecule is Nc1cccc2c1CCCN2C(=O)C1CC12CCNCC2. The molecule has 3 N–H and O–H groups in total. The Morgan fingerprint density at radius 1 is 1.33 bits per heavy atom. The molecule has 2 fully saturated rings. The molecule has 21 heavy (non-hydrogen) atoms. The predicted molar refractivity (Wildman–Crippen MR) is 84.2 cm³/mol. The van der Waals surface area contributed by atoms with Gasteiger partial charge < -0.3 is 16.0 Å². The fourth-order valence-corrected chi connectivity index (χ4v) is 4.24. The number of hydrogen-bond acceptors (Lipinski definition) is 3. The lowest BCUT2D eigenvalue weighted by molar-refractivity contribution is -0.120. The van der Waals surface area contributed by atoms with Gasteiger partial charge in [-0.15, -0.1) is 0 Å². The van der Waals surface area contributed by atoms with Crippen molar-refractivity contribution in [2.75, 3.05) is 30.3 Å².